The molecule has 3 rings (SSSR count). The number of halogens is 1. The summed E-state index contributed by atoms with van der Waals surface area (Å²) in [6.07, 6.45) is 5.43. The van der Waals surface area contributed by atoms with Gasteiger partial charge in [-0.25, -0.2) is 19.2 Å². The molecule has 0 saturated heterocycles. The quantitative estimate of drug-likeness (QED) is 0.666. The second-order valence-corrected chi connectivity index (χ2v) is 5.17. The average Bonchev–Trinajstić information content (AvgIpc) is 2.69. The van der Waals surface area contributed by atoms with Crippen molar-refractivity contribution in [1.29, 1.82) is 0 Å². The van der Waals surface area contributed by atoms with Crippen LogP contribution in [0.15, 0.2) is 61.2 Å². The number of carbonyl (C=O) groups excluding carboxylic acids is 2. The molecule has 0 aliphatic carbocycles. The van der Waals surface area contributed by atoms with Gasteiger partial charge in [0.15, 0.2) is 6.61 Å². The molecule has 0 atom stereocenters. The molecule has 27 heavy (non-hydrogen) atoms. The summed E-state index contributed by atoms with van der Waals surface area (Å²) in [5.41, 5.74) is 0.601. The Hall–Kier alpha value is -3.88. The van der Waals surface area contributed by atoms with Crippen LogP contribution in [0.1, 0.15) is 10.4 Å². The summed E-state index contributed by atoms with van der Waals surface area (Å²) < 4.78 is 23.0. The fourth-order valence-corrected chi connectivity index (χ4v) is 1.94. The molecule has 1 aromatic carbocycles. The van der Waals surface area contributed by atoms with Gasteiger partial charge in [0, 0.05) is 24.3 Å². The van der Waals surface area contributed by atoms with Crippen LogP contribution >= 0.6 is 0 Å². The van der Waals surface area contributed by atoms with Gasteiger partial charge in [-0.15, -0.1) is 0 Å². The van der Waals surface area contributed by atoms with Crippen molar-refractivity contribution >= 4 is 17.6 Å². The molecule has 1 amide bonds. The summed E-state index contributed by atoms with van der Waals surface area (Å²) in [7, 11) is 0. The topological polar surface area (TPSA) is 103 Å². The largest absolute Gasteiger partial charge is 0.451 e. The molecule has 0 aliphatic rings. The number of aromatic nitrogens is 3. The van der Waals surface area contributed by atoms with Gasteiger partial charge in [-0.3, -0.25) is 9.78 Å². The molecule has 0 saturated carbocycles. The van der Waals surface area contributed by atoms with Crippen LogP contribution in [0.5, 0.6) is 11.8 Å². The van der Waals surface area contributed by atoms with E-state index in [0.717, 1.165) is 0 Å². The maximum Gasteiger partial charge on any atom is 0.349 e. The summed E-state index contributed by atoms with van der Waals surface area (Å²) in [6.45, 7) is -0.407. The lowest BCUT2D eigenvalue weighted by Gasteiger charge is -2.06. The molecule has 0 bridgehead atoms. The van der Waals surface area contributed by atoms with Gasteiger partial charge in [-0.2, -0.15) is 0 Å². The molecule has 0 radical (unpaired) electrons. The van der Waals surface area contributed by atoms with E-state index >= 15 is 0 Å². The van der Waals surface area contributed by atoms with Crippen molar-refractivity contribution in [2.45, 2.75) is 0 Å². The maximum atomic E-state index is 12.9. The van der Waals surface area contributed by atoms with Crippen molar-refractivity contribution in [1.82, 2.24) is 15.0 Å². The SMILES string of the molecule is O=C(COc1ncc(C(=O)Nc2ccc(F)cc2)cn1)Oc1cccnc1. The van der Waals surface area contributed by atoms with E-state index in [-0.39, 0.29) is 11.6 Å². The molecule has 2 heterocycles. The minimum Gasteiger partial charge on any atom is -0.451 e. The third kappa shape index (κ3) is 5.30. The van der Waals surface area contributed by atoms with Crippen molar-refractivity contribution in [3.8, 4) is 11.8 Å². The number of hydrogen-bond acceptors (Lipinski definition) is 7. The Kier molecular flexibility index (Phi) is 5.63. The van der Waals surface area contributed by atoms with Crippen molar-refractivity contribution in [2.75, 3.05) is 11.9 Å². The van der Waals surface area contributed by atoms with Gasteiger partial charge in [-0.05, 0) is 36.4 Å². The summed E-state index contributed by atoms with van der Waals surface area (Å²) >= 11 is 0. The van der Waals surface area contributed by atoms with E-state index in [4.69, 9.17) is 9.47 Å². The highest BCUT2D eigenvalue weighted by Crippen LogP contribution is 2.11. The predicted molar refractivity (Wildman–Crippen MR) is 91.8 cm³/mol. The van der Waals surface area contributed by atoms with E-state index in [9.17, 15) is 14.0 Å². The van der Waals surface area contributed by atoms with E-state index in [0.29, 0.717) is 11.4 Å². The minimum absolute atomic E-state index is 0.0866. The van der Waals surface area contributed by atoms with E-state index in [1.54, 1.807) is 18.3 Å². The lowest BCUT2D eigenvalue weighted by Crippen LogP contribution is -2.19. The number of rotatable bonds is 6. The summed E-state index contributed by atoms with van der Waals surface area (Å²) in [5, 5.41) is 2.58. The van der Waals surface area contributed by atoms with Gasteiger partial charge < -0.3 is 14.8 Å². The summed E-state index contributed by atoms with van der Waals surface area (Å²) in [4.78, 5) is 35.3. The highest BCUT2D eigenvalue weighted by molar-refractivity contribution is 6.03. The van der Waals surface area contributed by atoms with Crippen LogP contribution in [0.3, 0.4) is 0 Å². The molecule has 0 aliphatic heterocycles. The van der Waals surface area contributed by atoms with Crippen LogP contribution in [-0.2, 0) is 4.79 Å². The number of anilines is 1. The lowest BCUT2D eigenvalue weighted by molar-refractivity contribution is -0.136. The first-order chi connectivity index (χ1) is 13.1. The number of esters is 1. The zero-order chi connectivity index (χ0) is 19.1. The Labute approximate surface area is 153 Å². The average molecular weight is 368 g/mol. The highest BCUT2D eigenvalue weighted by atomic mass is 19.1. The minimum atomic E-state index is -0.648. The summed E-state index contributed by atoms with van der Waals surface area (Å²) in [5.74, 6) is -1.23. The maximum absolute atomic E-state index is 12.9. The standard InChI is InChI=1S/C18H13FN4O4/c19-13-3-5-14(6-4-13)23-17(25)12-8-21-18(22-9-12)26-11-16(24)27-15-2-1-7-20-10-15/h1-10H,11H2,(H,23,25). The normalized spacial score (nSPS) is 10.1. The van der Waals surface area contributed by atoms with Crippen LogP contribution in [0.4, 0.5) is 10.1 Å². The Morgan fingerprint density at radius 1 is 1.04 bits per heavy atom. The van der Waals surface area contributed by atoms with Crippen molar-refractivity contribution in [3.63, 3.8) is 0 Å². The number of nitrogens with zero attached hydrogens (tertiary/aromatic N) is 3. The Morgan fingerprint density at radius 3 is 2.44 bits per heavy atom. The number of amides is 1. The molecule has 0 spiro atoms. The third-order valence-corrected chi connectivity index (χ3v) is 3.18. The van der Waals surface area contributed by atoms with Crippen LogP contribution in [-0.4, -0.2) is 33.4 Å². The molecule has 3 aromatic rings. The second kappa shape index (κ2) is 8.48. The van der Waals surface area contributed by atoms with Crippen LogP contribution < -0.4 is 14.8 Å². The number of pyridine rings is 1. The van der Waals surface area contributed by atoms with E-state index in [1.807, 2.05) is 0 Å². The fraction of sp³-hybridized carbons (Fsp3) is 0.0556. The number of benzene rings is 1. The molecular formula is C18H13FN4O4. The van der Waals surface area contributed by atoms with E-state index < -0.39 is 24.3 Å². The number of carbonyl (C=O) groups is 2. The molecule has 136 valence electrons. The Bertz CT molecular complexity index is 918. The smallest absolute Gasteiger partial charge is 0.349 e. The van der Waals surface area contributed by atoms with E-state index in [1.165, 1.54) is 42.9 Å². The summed E-state index contributed by atoms with van der Waals surface area (Å²) in [6, 6.07) is 8.44. The first kappa shape index (κ1) is 17.9. The molecule has 2 aromatic heterocycles. The zero-order valence-corrected chi connectivity index (χ0v) is 13.8. The lowest BCUT2D eigenvalue weighted by atomic mass is 10.2. The molecule has 1 N–H and O–H groups in total. The third-order valence-electron chi connectivity index (χ3n) is 3.18. The second-order valence-electron chi connectivity index (χ2n) is 5.17. The van der Waals surface area contributed by atoms with Crippen molar-refractivity contribution in [2.24, 2.45) is 0 Å². The molecule has 8 nitrogen and oxygen atoms in total. The monoisotopic (exact) mass is 368 g/mol. The van der Waals surface area contributed by atoms with Gasteiger partial charge in [-0.1, -0.05) is 0 Å². The number of nitrogens with one attached hydrogen (secondary N) is 1. The Balaban J connectivity index is 1.51. The Morgan fingerprint density at radius 2 is 1.78 bits per heavy atom. The number of hydrogen-bond donors (Lipinski definition) is 1. The van der Waals surface area contributed by atoms with Crippen LogP contribution in [0.25, 0.3) is 0 Å². The van der Waals surface area contributed by atoms with E-state index in [2.05, 4.69) is 20.3 Å². The van der Waals surface area contributed by atoms with Crippen LogP contribution in [0, 0.1) is 5.82 Å². The number of ether oxygens (including phenoxy) is 2. The molecular weight excluding hydrogens is 355 g/mol. The van der Waals surface area contributed by atoms with Gasteiger partial charge in [0.25, 0.3) is 5.91 Å². The fourth-order valence-electron chi connectivity index (χ4n) is 1.94. The molecule has 0 fully saturated rings. The van der Waals surface area contributed by atoms with Gasteiger partial charge in [0.05, 0.1) is 11.8 Å². The van der Waals surface area contributed by atoms with Gasteiger partial charge >= 0.3 is 12.0 Å². The molecule has 0 unspecified atom stereocenters. The predicted octanol–water partition coefficient (Wildman–Crippen LogP) is 2.25. The first-order valence-corrected chi connectivity index (χ1v) is 7.72. The van der Waals surface area contributed by atoms with Gasteiger partial charge in [0.1, 0.15) is 11.6 Å². The van der Waals surface area contributed by atoms with Crippen molar-refractivity contribution < 1.29 is 23.5 Å². The first-order valence-electron chi connectivity index (χ1n) is 7.72. The van der Waals surface area contributed by atoms with Crippen LogP contribution in [0.2, 0.25) is 0 Å². The van der Waals surface area contributed by atoms with Gasteiger partial charge in [0.2, 0.25) is 0 Å². The highest BCUT2D eigenvalue weighted by Gasteiger charge is 2.10. The zero-order valence-electron chi connectivity index (χ0n) is 13.8. The molecule has 9 heteroatoms. The van der Waals surface area contributed by atoms with Crippen molar-refractivity contribution in [3.05, 3.63) is 72.6 Å².